The van der Waals surface area contributed by atoms with Gasteiger partial charge in [-0.2, -0.15) is 0 Å². The predicted octanol–water partition coefficient (Wildman–Crippen LogP) is 3.96. The number of likely N-dealkylation sites (N-methyl/N-ethyl adjacent to an activating group) is 1. The highest BCUT2D eigenvalue weighted by atomic mass is 32.2. The summed E-state index contributed by atoms with van der Waals surface area (Å²) in [6.07, 6.45) is 1.00. The number of aromatic amines is 1. The van der Waals surface area contributed by atoms with Gasteiger partial charge in [0.1, 0.15) is 5.25 Å². The number of benzene rings is 2. The summed E-state index contributed by atoms with van der Waals surface area (Å²) in [6.45, 7) is 2.13. The molecule has 2 aromatic carbocycles. The van der Waals surface area contributed by atoms with Crippen LogP contribution in [0.4, 0.5) is 0 Å². The topological polar surface area (TPSA) is 61.9 Å². The Morgan fingerprint density at radius 1 is 1.12 bits per heavy atom. The highest BCUT2D eigenvalue weighted by Crippen LogP contribution is 2.35. The third kappa shape index (κ3) is 4.14. The minimum Gasteiger partial charge on any atom is -0.348 e. The van der Waals surface area contributed by atoms with Crippen LogP contribution in [0.15, 0.2) is 59.8 Å². The number of carbonyl (C=O) groups excluding carboxylic acids is 1. The van der Waals surface area contributed by atoms with E-state index in [9.17, 15) is 4.79 Å². The molecule has 1 heterocycles. The van der Waals surface area contributed by atoms with Gasteiger partial charge in [-0.25, -0.2) is 4.98 Å². The Kier molecular flexibility index (Phi) is 5.73. The van der Waals surface area contributed by atoms with Gasteiger partial charge in [0.25, 0.3) is 0 Å². The molecule has 0 unspecified atom stereocenters. The molecule has 1 atom stereocenters. The maximum Gasteiger partial charge on any atom is 0.240 e. The zero-order valence-corrected chi connectivity index (χ0v) is 16.0. The van der Waals surface area contributed by atoms with Crippen LogP contribution in [0, 0.1) is 0 Å². The quantitative estimate of drug-likeness (QED) is 0.671. The zero-order chi connectivity index (χ0) is 18.5. The van der Waals surface area contributed by atoms with Gasteiger partial charge in [-0.15, -0.1) is 5.10 Å². The molecule has 134 valence electrons. The van der Waals surface area contributed by atoms with Crippen LogP contribution in [0.1, 0.15) is 23.3 Å². The summed E-state index contributed by atoms with van der Waals surface area (Å²) in [5.41, 5.74) is 3.20. The number of thioether (sulfide) groups is 1. The van der Waals surface area contributed by atoms with E-state index in [2.05, 4.69) is 34.2 Å². The normalized spacial score (nSPS) is 12.0. The Morgan fingerprint density at radius 2 is 1.81 bits per heavy atom. The SMILES string of the molecule is CCc1ccc(-c2nc(S[C@@H](C(=O)N(C)C)c3ccccc3)n[nH]2)cc1. The minimum atomic E-state index is -0.377. The fraction of sp³-hybridized carbons (Fsp3) is 0.250. The molecule has 0 bridgehead atoms. The first-order valence-corrected chi connectivity index (χ1v) is 9.41. The van der Waals surface area contributed by atoms with Crippen molar-refractivity contribution in [3.8, 4) is 11.4 Å². The number of nitrogens with zero attached hydrogens (tertiary/aromatic N) is 3. The highest BCUT2D eigenvalue weighted by Gasteiger charge is 2.25. The molecule has 0 spiro atoms. The average molecular weight is 366 g/mol. The summed E-state index contributed by atoms with van der Waals surface area (Å²) in [6, 6.07) is 18.0. The van der Waals surface area contributed by atoms with Gasteiger partial charge in [0, 0.05) is 19.7 Å². The number of aromatic nitrogens is 3. The highest BCUT2D eigenvalue weighted by molar-refractivity contribution is 8.00. The molecule has 3 aromatic rings. The molecule has 6 heteroatoms. The third-order valence-electron chi connectivity index (χ3n) is 4.09. The molecule has 0 aliphatic rings. The van der Waals surface area contributed by atoms with Gasteiger partial charge < -0.3 is 4.90 Å². The van der Waals surface area contributed by atoms with Crippen molar-refractivity contribution in [3.63, 3.8) is 0 Å². The molecule has 0 saturated heterocycles. The number of amides is 1. The summed E-state index contributed by atoms with van der Waals surface area (Å²) < 4.78 is 0. The van der Waals surface area contributed by atoms with Gasteiger partial charge in [0.05, 0.1) is 0 Å². The summed E-state index contributed by atoms with van der Waals surface area (Å²) >= 11 is 1.36. The van der Waals surface area contributed by atoms with Gasteiger partial charge in [-0.05, 0) is 17.5 Å². The molecule has 0 radical (unpaired) electrons. The molecule has 5 nitrogen and oxygen atoms in total. The van der Waals surface area contributed by atoms with Crippen LogP contribution in [0.25, 0.3) is 11.4 Å². The monoisotopic (exact) mass is 366 g/mol. The number of hydrogen-bond acceptors (Lipinski definition) is 4. The molecular weight excluding hydrogens is 344 g/mol. The van der Waals surface area contributed by atoms with Crippen LogP contribution >= 0.6 is 11.8 Å². The average Bonchev–Trinajstić information content (AvgIpc) is 3.15. The van der Waals surface area contributed by atoms with Crippen molar-refractivity contribution in [2.24, 2.45) is 0 Å². The number of rotatable bonds is 6. The van der Waals surface area contributed by atoms with E-state index in [-0.39, 0.29) is 11.2 Å². The van der Waals surface area contributed by atoms with Crippen molar-refractivity contribution in [2.45, 2.75) is 23.8 Å². The minimum absolute atomic E-state index is 0.0137. The summed E-state index contributed by atoms with van der Waals surface area (Å²) in [4.78, 5) is 18.8. The second-order valence-electron chi connectivity index (χ2n) is 6.16. The van der Waals surface area contributed by atoms with Crippen LogP contribution in [0.5, 0.6) is 0 Å². The van der Waals surface area contributed by atoms with Crippen LogP contribution in [-0.2, 0) is 11.2 Å². The van der Waals surface area contributed by atoms with Crippen molar-refractivity contribution in [2.75, 3.05) is 14.1 Å². The van der Waals surface area contributed by atoms with Crippen molar-refractivity contribution in [1.29, 1.82) is 0 Å². The van der Waals surface area contributed by atoms with E-state index in [1.807, 2.05) is 42.5 Å². The van der Waals surface area contributed by atoms with Crippen LogP contribution in [-0.4, -0.2) is 40.1 Å². The Bertz CT molecular complexity index is 859. The van der Waals surface area contributed by atoms with E-state index in [4.69, 9.17) is 0 Å². The fourth-order valence-corrected chi connectivity index (χ4v) is 3.61. The fourth-order valence-electron chi connectivity index (χ4n) is 2.56. The largest absolute Gasteiger partial charge is 0.348 e. The number of aryl methyl sites for hydroxylation is 1. The van der Waals surface area contributed by atoms with E-state index in [1.54, 1.807) is 19.0 Å². The molecular formula is C20H22N4OS. The van der Waals surface area contributed by atoms with Crippen LogP contribution in [0.3, 0.4) is 0 Å². The number of hydrogen-bond donors (Lipinski definition) is 1. The van der Waals surface area contributed by atoms with Gasteiger partial charge >= 0.3 is 0 Å². The maximum absolute atomic E-state index is 12.6. The molecule has 1 aromatic heterocycles. The molecule has 3 rings (SSSR count). The Labute approximate surface area is 157 Å². The van der Waals surface area contributed by atoms with Crippen molar-refractivity contribution >= 4 is 17.7 Å². The first-order valence-electron chi connectivity index (χ1n) is 8.53. The van der Waals surface area contributed by atoms with E-state index in [0.29, 0.717) is 11.0 Å². The van der Waals surface area contributed by atoms with Gasteiger partial charge in [-0.3, -0.25) is 9.89 Å². The number of H-pyrrole nitrogens is 1. The van der Waals surface area contributed by atoms with E-state index >= 15 is 0 Å². The second kappa shape index (κ2) is 8.19. The van der Waals surface area contributed by atoms with Crippen LogP contribution in [0.2, 0.25) is 0 Å². The summed E-state index contributed by atoms with van der Waals surface area (Å²) in [5.74, 6) is 0.721. The lowest BCUT2D eigenvalue weighted by Gasteiger charge is -2.19. The molecule has 0 aliphatic heterocycles. The number of carbonyl (C=O) groups is 1. The lowest BCUT2D eigenvalue weighted by atomic mass is 10.1. The van der Waals surface area contributed by atoms with E-state index in [0.717, 1.165) is 17.5 Å². The first kappa shape index (κ1) is 18.2. The van der Waals surface area contributed by atoms with Crippen molar-refractivity contribution < 1.29 is 4.79 Å². The summed E-state index contributed by atoms with van der Waals surface area (Å²) in [5, 5.41) is 7.46. The Morgan fingerprint density at radius 3 is 2.42 bits per heavy atom. The molecule has 1 amide bonds. The van der Waals surface area contributed by atoms with Crippen LogP contribution < -0.4 is 0 Å². The lowest BCUT2D eigenvalue weighted by molar-refractivity contribution is -0.128. The second-order valence-corrected chi connectivity index (χ2v) is 7.23. The third-order valence-corrected chi connectivity index (χ3v) is 5.19. The van der Waals surface area contributed by atoms with Gasteiger partial charge in [-0.1, -0.05) is 73.3 Å². The smallest absolute Gasteiger partial charge is 0.240 e. The first-order chi connectivity index (χ1) is 12.6. The van der Waals surface area contributed by atoms with Gasteiger partial charge in [0.2, 0.25) is 11.1 Å². The van der Waals surface area contributed by atoms with Gasteiger partial charge in [0.15, 0.2) is 5.82 Å². The number of nitrogens with one attached hydrogen (secondary N) is 1. The molecule has 1 N–H and O–H groups in total. The Hall–Kier alpha value is -2.60. The predicted molar refractivity (Wildman–Crippen MR) is 105 cm³/mol. The zero-order valence-electron chi connectivity index (χ0n) is 15.1. The summed E-state index contributed by atoms with van der Waals surface area (Å²) in [7, 11) is 3.52. The molecule has 26 heavy (non-hydrogen) atoms. The standard InChI is InChI=1S/C20H22N4OS/c1-4-14-10-12-16(13-11-14)18-21-20(23-22-18)26-17(19(25)24(2)3)15-8-6-5-7-9-15/h5-13,17H,4H2,1-3H3,(H,21,22,23)/t17-/m1/s1. The van der Waals surface area contributed by atoms with Crippen molar-refractivity contribution in [1.82, 2.24) is 20.1 Å². The molecule has 0 fully saturated rings. The van der Waals surface area contributed by atoms with Crippen molar-refractivity contribution in [3.05, 3.63) is 65.7 Å². The molecule has 0 saturated carbocycles. The van der Waals surface area contributed by atoms with E-state index < -0.39 is 0 Å². The Balaban J connectivity index is 1.83. The molecule has 0 aliphatic carbocycles. The maximum atomic E-state index is 12.6. The van der Waals surface area contributed by atoms with E-state index in [1.165, 1.54) is 17.3 Å². The lowest BCUT2D eigenvalue weighted by Crippen LogP contribution is -2.26.